The molecule has 1 aromatic rings. The molecule has 1 aromatic heterocycles. The molecule has 20 heavy (non-hydrogen) atoms. The van der Waals surface area contributed by atoms with Crippen LogP contribution in [-0.4, -0.2) is 27.8 Å². The Hall–Kier alpha value is -1.36. The minimum absolute atomic E-state index is 0.0243. The van der Waals surface area contributed by atoms with Gasteiger partial charge in [-0.2, -0.15) is 5.10 Å². The van der Waals surface area contributed by atoms with Gasteiger partial charge in [-0.15, -0.1) is 0 Å². The zero-order chi connectivity index (χ0) is 15.5. The molecule has 0 atom stereocenters. The molecule has 5 heteroatoms. The van der Waals surface area contributed by atoms with E-state index in [0.29, 0.717) is 19.0 Å². The smallest absolute Gasteiger partial charge is 0.225 e. The topological polar surface area (TPSA) is 59.0 Å². The van der Waals surface area contributed by atoms with Crippen LogP contribution in [0.1, 0.15) is 58.5 Å². The first kappa shape index (κ1) is 16.7. The number of aryl methyl sites for hydroxylation is 1. The van der Waals surface area contributed by atoms with Crippen molar-refractivity contribution < 1.29 is 4.79 Å². The second-order valence-electron chi connectivity index (χ2n) is 6.56. The highest BCUT2D eigenvalue weighted by atomic mass is 16.1. The molecule has 0 aliphatic heterocycles. The third kappa shape index (κ3) is 4.63. The van der Waals surface area contributed by atoms with Crippen LogP contribution in [0.4, 0.5) is 5.69 Å². The van der Waals surface area contributed by atoms with E-state index in [1.54, 1.807) is 0 Å². The Morgan fingerprint density at radius 1 is 1.30 bits per heavy atom. The minimum Gasteiger partial charge on any atom is -0.323 e. The first-order valence-corrected chi connectivity index (χ1v) is 7.22. The molecule has 0 unspecified atom stereocenters. The Labute approximate surface area is 122 Å². The highest BCUT2D eigenvalue weighted by Crippen LogP contribution is 2.22. The van der Waals surface area contributed by atoms with Crippen LogP contribution < -0.4 is 10.6 Å². The Morgan fingerprint density at radius 2 is 1.90 bits per heavy atom. The van der Waals surface area contributed by atoms with E-state index in [9.17, 15) is 4.79 Å². The third-order valence-corrected chi connectivity index (χ3v) is 3.09. The van der Waals surface area contributed by atoms with E-state index < -0.39 is 0 Å². The van der Waals surface area contributed by atoms with Gasteiger partial charge in [0.2, 0.25) is 5.91 Å². The van der Waals surface area contributed by atoms with Gasteiger partial charge in [0.15, 0.2) is 0 Å². The molecule has 0 aliphatic carbocycles. The molecule has 0 aliphatic rings. The molecular formula is C15H28N4O. The number of nitrogens with one attached hydrogen (secondary N) is 2. The summed E-state index contributed by atoms with van der Waals surface area (Å²) in [4.78, 5) is 12.0. The van der Waals surface area contributed by atoms with Crippen molar-refractivity contribution in [1.82, 2.24) is 15.1 Å². The SMILES string of the molecule is Cc1nn(C(C)C)c(C)c1NC(=O)CCNC(C)(C)C. The zero-order valence-electron chi connectivity index (χ0n) is 13.8. The van der Waals surface area contributed by atoms with Gasteiger partial charge in [-0.05, 0) is 48.5 Å². The third-order valence-electron chi connectivity index (χ3n) is 3.09. The Morgan fingerprint density at radius 3 is 2.35 bits per heavy atom. The minimum atomic E-state index is 0.0243. The summed E-state index contributed by atoms with van der Waals surface area (Å²) in [7, 11) is 0. The van der Waals surface area contributed by atoms with E-state index >= 15 is 0 Å². The molecule has 1 heterocycles. The summed E-state index contributed by atoms with van der Waals surface area (Å²) in [6.07, 6.45) is 0.461. The summed E-state index contributed by atoms with van der Waals surface area (Å²) in [5, 5.41) is 10.8. The summed E-state index contributed by atoms with van der Waals surface area (Å²) in [6.45, 7) is 15.0. The van der Waals surface area contributed by atoms with Gasteiger partial charge in [0.1, 0.15) is 0 Å². The van der Waals surface area contributed by atoms with Crippen molar-refractivity contribution >= 4 is 11.6 Å². The molecule has 0 radical (unpaired) electrons. The normalized spacial score (nSPS) is 12.0. The van der Waals surface area contributed by atoms with Crippen molar-refractivity contribution in [2.24, 2.45) is 0 Å². The maximum atomic E-state index is 12.0. The van der Waals surface area contributed by atoms with Crippen molar-refractivity contribution in [3.05, 3.63) is 11.4 Å². The van der Waals surface area contributed by atoms with Gasteiger partial charge in [-0.3, -0.25) is 9.48 Å². The van der Waals surface area contributed by atoms with Crippen molar-refractivity contribution in [3.63, 3.8) is 0 Å². The van der Waals surface area contributed by atoms with Gasteiger partial charge in [0.05, 0.1) is 17.1 Å². The first-order chi connectivity index (χ1) is 9.11. The summed E-state index contributed by atoms with van der Waals surface area (Å²) < 4.78 is 1.94. The second-order valence-corrected chi connectivity index (χ2v) is 6.56. The molecule has 0 bridgehead atoms. The second kappa shape index (κ2) is 6.39. The number of hydrogen-bond donors (Lipinski definition) is 2. The molecular weight excluding hydrogens is 252 g/mol. The largest absolute Gasteiger partial charge is 0.323 e. The van der Waals surface area contributed by atoms with E-state index in [2.05, 4.69) is 50.4 Å². The summed E-state index contributed by atoms with van der Waals surface area (Å²) in [5.74, 6) is 0.0243. The molecule has 0 saturated heterocycles. The molecule has 2 N–H and O–H groups in total. The van der Waals surface area contributed by atoms with Gasteiger partial charge in [0.25, 0.3) is 0 Å². The molecule has 1 amide bonds. The van der Waals surface area contributed by atoms with Crippen LogP contribution in [0.2, 0.25) is 0 Å². The highest BCUT2D eigenvalue weighted by Gasteiger charge is 2.16. The molecule has 0 aromatic carbocycles. The van der Waals surface area contributed by atoms with Crippen molar-refractivity contribution in [1.29, 1.82) is 0 Å². The summed E-state index contributed by atoms with van der Waals surface area (Å²) in [5.41, 5.74) is 2.76. The van der Waals surface area contributed by atoms with E-state index in [1.165, 1.54) is 0 Å². The summed E-state index contributed by atoms with van der Waals surface area (Å²) in [6, 6.07) is 0.293. The van der Waals surface area contributed by atoms with Crippen LogP contribution in [0.3, 0.4) is 0 Å². The van der Waals surface area contributed by atoms with Crippen molar-refractivity contribution in [3.8, 4) is 0 Å². The van der Waals surface area contributed by atoms with Gasteiger partial charge in [0, 0.05) is 24.5 Å². The number of amides is 1. The van der Waals surface area contributed by atoms with Crippen LogP contribution in [0.5, 0.6) is 0 Å². The molecule has 0 saturated carbocycles. The Balaban J connectivity index is 2.63. The van der Waals surface area contributed by atoms with Crippen LogP contribution in [0.15, 0.2) is 0 Å². The van der Waals surface area contributed by atoms with Crippen LogP contribution in [0, 0.1) is 13.8 Å². The van der Waals surface area contributed by atoms with Gasteiger partial charge >= 0.3 is 0 Å². The van der Waals surface area contributed by atoms with E-state index in [4.69, 9.17) is 0 Å². The summed E-state index contributed by atoms with van der Waals surface area (Å²) >= 11 is 0. The van der Waals surface area contributed by atoms with Crippen LogP contribution >= 0.6 is 0 Å². The Kier molecular flexibility index (Phi) is 5.34. The van der Waals surface area contributed by atoms with E-state index in [1.807, 2.05) is 18.5 Å². The number of carbonyl (C=O) groups is 1. The number of hydrogen-bond acceptors (Lipinski definition) is 3. The quantitative estimate of drug-likeness (QED) is 0.872. The predicted molar refractivity (Wildman–Crippen MR) is 83.1 cm³/mol. The van der Waals surface area contributed by atoms with Crippen molar-refractivity contribution in [2.45, 2.75) is 66.5 Å². The first-order valence-electron chi connectivity index (χ1n) is 7.22. The number of carbonyl (C=O) groups excluding carboxylic acids is 1. The van der Waals surface area contributed by atoms with Gasteiger partial charge in [-0.25, -0.2) is 0 Å². The maximum Gasteiger partial charge on any atom is 0.225 e. The number of anilines is 1. The lowest BCUT2D eigenvalue weighted by Gasteiger charge is -2.20. The lowest BCUT2D eigenvalue weighted by atomic mass is 10.1. The lowest BCUT2D eigenvalue weighted by Crippen LogP contribution is -2.37. The monoisotopic (exact) mass is 280 g/mol. The molecule has 0 fully saturated rings. The predicted octanol–water partition coefficient (Wildman–Crippen LogP) is 2.80. The fourth-order valence-electron chi connectivity index (χ4n) is 2.10. The highest BCUT2D eigenvalue weighted by molar-refractivity contribution is 5.92. The average molecular weight is 280 g/mol. The van der Waals surface area contributed by atoms with Crippen molar-refractivity contribution in [2.75, 3.05) is 11.9 Å². The van der Waals surface area contributed by atoms with Crippen LogP contribution in [0.25, 0.3) is 0 Å². The van der Waals surface area contributed by atoms with Crippen LogP contribution in [-0.2, 0) is 4.79 Å². The molecule has 1 rings (SSSR count). The Bertz CT molecular complexity index is 469. The number of nitrogens with zero attached hydrogens (tertiary/aromatic N) is 2. The fourth-order valence-corrected chi connectivity index (χ4v) is 2.10. The molecule has 114 valence electrons. The fraction of sp³-hybridized carbons (Fsp3) is 0.733. The van der Waals surface area contributed by atoms with Gasteiger partial charge < -0.3 is 10.6 Å². The average Bonchev–Trinajstić information content (AvgIpc) is 2.55. The number of rotatable bonds is 5. The molecule has 0 spiro atoms. The lowest BCUT2D eigenvalue weighted by molar-refractivity contribution is -0.116. The standard InChI is InChI=1S/C15H28N4O/c1-10(2)19-12(4)14(11(3)18-19)17-13(20)8-9-16-15(5,6)7/h10,16H,8-9H2,1-7H3,(H,17,20). The van der Waals surface area contributed by atoms with E-state index in [0.717, 1.165) is 17.1 Å². The number of aromatic nitrogens is 2. The molecule has 5 nitrogen and oxygen atoms in total. The zero-order valence-corrected chi connectivity index (χ0v) is 13.8. The van der Waals surface area contributed by atoms with E-state index in [-0.39, 0.29) is 11.4 Å². The maximum absolute atomic E-state index is 12.0. The van der Waals surface area contributed by atoms with Gasteiger partial charge in [-0.1, -0.05) is 0 Å².